The van der Waals surface area contributed by atoms with Crippen molar-refractivity contribution < 1.29 is 9.53 Å². The Morgan fingerprint density at radius 1 is 1.16 bits per heavy atom. The maximum Gasteiger partial charge on any atom is 0.243 e. The maximum absolute atomic E-state index is 12.8. The number of hydrogen-bond donors (Lipinski definition) is 3. The fraction of sp³-hybridized carbons (Fsp3) is 0.391. The Labute approximate surface area is 182 Å². The minimum Gasteiger partial charge on any atom is -0.494 e. The van der Waals surface area contributed by atoms with E-state index in [2.05, 4.69) is 63.6 Å². The lowest BCUT2D eigenvalue weighted by Gasteiger charge is -2.37. The van der Waals surface area contributed by atoms with Gasteiger partial charge >= 0.3 is 0 Å². The van der Waals surface area contributed by atoms with E-state index in [9.17, 15) is 4.79 Å². The van der Waals surface area contributed by atoms with Crippen molar-refractivity contribution in [2.24, 2.45) is 0 Å². The van der Waals surface area contributed by atoms with Crippen molar-refractivity contribution in [3.05, 3.63) is 59.9 Å². The van der Waals surface area contributed by atoms with Crippen LogP contribution in [0.25, 0.3) is 5.57 Å². The van der Waals surface area contributed by atoms with Crippen molar-refractivity contribution in [3.8, 4) is 5.75 Å². The molecule has 2 saturated heterocycles. The first-order valence-electron chi connectivity index (χ1n) is 10.7. The Morgan fingerprint density at radius 3 is 2.74 bits per heavy atom. The van der Waals surface area contributed by atoms with Crippen molar-refractivity contribution >= 4 is 17.2 Å². The third-order valence-corrected chi connectivity index (χ3v) is 6.41. The van der Waals surface area contributed by atoms with Gasteiger partial charge in [-0.05, 0) is 30.2 Å². The summed E-state index contributed by atoms with van der Waals surface area (Å²) in [6.07, 6.45) is 7.09. The van der Waals surface area contributed by atoms with E-state index in [1.54, 1.807) is 30.6 Å². The molecule has 1 aromatic heterocycles. The van der Waals surface area contributed by atoms with Gasteiger partial charge in [-0.3, -0.25) is 15.2 Å². The van der Waals surface area contributed by atoms with E-state index >= 15 is 0 Å². The summed E-state index contributed by atoms with van der Waals surface area (Å²) < 4.78 is 5.43. The molecule has 31 heavy (non-hydrogen) atoms. The molecule has 3 aliphatic rings. The molecule has 0 radical (unpaired) electrons. The Hall–Kier alpha value is -2.78. The van der Waals surface area contributed by atoms with Gasteiger partial charge in [-0.25, -0.2) is 15.9 Å². The average molecular weight is 421 g/mol. The molecule has 5 rings (SSSR count). The molecule has 162 valence electrons. The summed E-state index contributed by atoms with van der Waals surface area (Å²) in [6, 6.07) is 10.6. The second kappa shape index (κ2) is 8.39. The molecule has 0 spiro atoms. The van der Waals surface area contributed by atoms with E-state index in [-0.39, 0.29) is 24.0 Å². The highest BCUT2D eigenvalue weighted by Gasteiger charge is 2.44. The van der Waals surface area contributed by atoms with Crippen LogP contribution in [0.2, 0.25) is 0 Å². The van der Waals surface area contributed by atoms with Crippen LogP contribution >= 0.6 is 0 Å². The number of methoxy groups -OCH3 is 1. The number of nitrogens with one attached hydrogen (secondary N) is 3. The van der Waals surface area contributed by atoms with Crippen molar-refractivity contribution in [1.29, 1.82) is 0 Å². The number of carbonyl (C=O) groups is 1. The highest BCUT2D eigenvalue weighted by molar-refractivity contribution is 5.95. The SMILES string of the molecule is COc1ccncc1N1NC2C(CC1=O)NNC2c1ccc(C2=CCN(C)CC2)cc1. The number of anilines is 1. The van der Waals surface area contributed by atoms with Crippen LogP contribution in [0.15, 0.2) is 48.8 Å². The maximum atomic E-state index is 12.8. The number of fused-ring (bicyclic) bond motifs is 1. The van der Waals surface area contributed by atoms with Gasteiger partial charge in [-0.2, -0.15) is 0 Å². The highest BCUT2D eigenvalue weighted by atomic mass is 16.5. The summed E-state index contributed by atoms with van der Waals surface area (Å²) >= 11 is 0. The number of amides is 1. The molecule has 3 aliphatic heterocycles. The Balaban J connectivity index is 1.36. The molecular weight excluding hydrogens is 392 g/mol. The highest BCUT2D eigenvalue weighted by Crippen LogP contribution is 2.33. The fourth-order valence-corrected chi connectivity index (χ4v) is 4.60. The third-order valence-electron chi connectivity index (χ3n) is 6.41. The number of aromatic nitrogens is 1. The van der Waals surface area contributed by atoms with Crippen LogP contribution in [0.4, 0.5) is 5.69 Å². The average Bonchev–Trinajstić information content (AvgIpc) is 3.21. The molecule has 4 heterocycles. The van der Waals surface area contributed by atoms with Gasteiger partial charge in [0.2, 0.25) is 5.91 Å². The van der Waals surface area contributed by atoms with Gasteiger partial charge in [0.05, 0.1) is 25.4 Å². The van der Waals surface area contributed by atoms with Crippen LogP contribution in [-0.2, 0) is 4.79 Å². The van der Waals surface area contributed by atoms with Crippen LogP contribution < -0.4 is 26.0 Å². The van der Waals surface area contributed by atoms with Crippen LogP contribution in [0, 0.1) is 0 Å². The summed E-state index contributed by atoms with van der Waals surface area (Å²) in [4.78, 5) is 19.3. The second-order valence-electron chi connectivity index (χ2n) is 8.37. The smallest absolute Gasteiger partial charge is 0.243 e. The summed E-state index contributed by atoms with van der Waals surface area (Å²) in [5.74, 6) is 0.590. The van der Waals surface area contributed by atoms with E-state index in [1.807, 2.05) is 0 Å². The Bertz CT molecular complexity index is 992. The van der Waals surface area contributed by atoms with Gasteiger partial charge < -0.3 is 9.64 Å². The lowest BCUT2D eigenvalue weighted by atomic mass is 9.91. The predicted octanol–water partition coefficient (Wildman–Crippen LogP) is 1.64. The normalized spacial score (nSPS) is 26.5. The first-order chi connectivity index (χ1) is 15.1. The van der Waals surface area contributed by atoms with Crippen molar-refractivity contribution in [3.63, 3.8) is 0 Å². The monoisotopic (exact) mass is 420 g/mol. The second-order valence-corrected chi connectivity index (χ2v) is 8.37. The van der Waals surface area contributed by atoms with E-state index < -0.39 is 0 Å². The number of ether oxygens (including phenoxy) is 1. The number of nitrogens with zero attached hydrogens (tertiary/aromatic N) is 3. The number of carbonyl (C=O) groups excluding carboxylic acids is 1. The lowest BCUT2D eigenvalue weighted by molar-refractivity contribution is -0.121. The van der Waals surface area contributed by atoms with Crippen LogP contribution in [0.5, 0.6) is 5.75 Å². The molecule has 1 amide bonds. The summed E-state index contributed by atoms with van der Waals surface area (Å²) in [5, 5.41) is 1.58. The molecule has 0 aliphatic carbocycles. The molecule has 3 unspecified atom stereocenters. The summed E-state index contributed by atoms with van der Waals surface area (Å²) in [6.45, 7) is 2.09. The standard InChI is InChI=1S/C23H28N6O2/c1-28-11-8-16(9-12-28)15-3-5-17(6-4-15)22-23-18(25-26-22)13-21(30)29(27-23)19-14-24-10-7-20(19)31-2/h3-8,10,14,18,22-23,25-27H,9,11-13H2,1-2H3. The van der Waals surface area contributed by atoms with E-state index in [1.165, 1.54) is 16.7 Å². The minimum atomic E-state index is -0.0212. The molecule has 2 aromatic rings. The first kappa shape index (κ1) is 20.1. The van der Waals surface area contributed by atoms with Crippen LogP contribution in [-0.4, -0.2) is 55.1 Å². The van der Waals surface area contributed by atoms with Gasteiger partial charge in [0.15, 0.2) is 0 Å². The largest absolute Gasteiger partial charge is 0.494 e. The quantitative estimate of drug-likeness (QED) is 0.694. The zero-order chi connectivity index (χ0) is 21.4. The van der Waals surface area contributed by atoms with Gasteiger partial charge in [0.1, 0.15) is 11.4 Å². The Morgan fingerprint density at radius 2 is 2.00 bits per heavy atom. The molecule has 0 bridgehead atoms. The van der Waals surface area contributed by atoms with Gasteiger partial charge in [-0.1, -0.05) is 30.3 Å². The third kappa shape index (κ3) is 3.83. The van der Waals surface area contributed by atoms with Crippen LogP contribution in [0.1, 0.15) is 30.0 Å². The number of hydrogen-bond acceptors (Lipinski definition) is 7. The Kier molecular flexibility index (Phi) is 5.45. The fourth-order valence-electron chi connectivity index (χ4n) is 4.60. The number of benzene rings is 1. The van der Waals surface area contributed by atoms with E-state index in [4.69, 9.17) is 4.74 Å². The van der Waals surface area contributed by atoms with Gasteiger partial charge in [0.25, 0.3) is 0 Å². The van der Waals surface area contributed by atoms with Crippen molar-refractivity contribution in [2.75, 3.05) is 32.3 Å². The van der Waals surface area contributed by atoms with E-state index in [0.717, 1.165) is 19.5 Å². The number of pyridine rings is 1. The summed E-state index contributed by atoms with van der Waals surface area (Å²) in [7, 11) is 3.75. The predicted molar refractivity (Wildman–Crippen MR) is 119 cm³/mol. The zero-order valence-electron chi connectivity index (χ0n) is 17.8. The molecule has 3 N–H and O–H groups in total. The first-order valence-corrected chi connectivity index (χ1v) is 10.7. The van der Waals surface area contributed by atoms with Crippen molar-refractivity contribution in [1.82, 2.24) is 26.2 Å². The van der Waals surface area contributed by atoms with Gasteiger partial charge in [-0.15, -0.1) is 0 Å². The lowest BCUT2D eigenvalue weighted by Crippen LogP contribution is -2.60. The molecule has 3 atom stereocenters. The van der Waals surface area contributed by atoms with Crippen LogP contribution in [0.3, 0.4) is 0 Å². The molecule has 1 aromatic carbocycles. The number of hydrazine groups is 2. The minimum absolute atomic E-state index is 0.00711. The molecular formula is C23H28N6O2. The molecule has 0 saturated carbocycles. The zero-order valence-corrected chi connectivity index (χ0v) is 17.8. The number of rotatable bonds is 4. The molecule has 8 heteroatoms. The van der Waals surface area contributed by atoms with Gasteiger partial charge in [0, 0.05) is 37.8 Å². The summed E-state index contributed by atoms with van der Waals surface area (Å²) in [5.41, 5.74) is 14.6. The van der Waals surface area contributed by atoms with E-state index in [0.29, 0.717) is 17.9 Å². The number of likely N-dealkylation sites (N-methyl/N-ethyl adjacent to an activating group) is 1. The molecule has 2 fully saturated rings. The van der Waals surface area contributed by atoms with Crippen molar-refractivity contribution in [2.45, 2.75) is 31.0 Å². The topological polar surface area (TPSA) is 81.8 Å². The molecule has 8 nitrogen and oxygen atoms in total.